The number of nitrogens with zero attached hydrogens (tertiary/aromatic N) is 1. The van der Waals surface area contributed by atoms with Crippen molar-refractivity contribution in [3.05, 3.63) is 17.2 Å². The zero-order valence-electron chi connectivity index (χ0n) is 6.17. The first-order valence-corrected chi connectivity index (χ1v) is 3.66. The third-order valence-corrected chi connectivity index (χ3v) is 1.46. The standard InChI is InChI=1S/C7H9ClN2O/c1-2-11-6-4-3-5(8)7(9)10-6/h3-4H,2H2,1H3,(H2,9,10). The lowest BCUT2D eigenvalue weighted by Gasteiger charge is -2.02. The van der Waals surface area contributed by atoms with Crippen molar-refractivity contribution in [2.24, 2.45) is 0 Å². The van der Waals surface area contributed by atoms with Crippen LogP contribution in [-0.4, -0.2) is 11.6 Å². The molecule has 0 fully saturated rings. The first kappa shape index (κ1) is 8.14. The minimum Gasteiger partial charge on any atom is -0.478 e. The molecule has 0 aliphatic heterocycles. The SMILES string of the molecule is CCOc1ccc(Cl)c(N)n1. The summed E-state index contributed by atoms with van der Waals surface area (Å²) in [4.78, 5) is 3.89. The summed E-state index contributed by atoms with van der Waals surface area (Å²) in [5.74, 6) is 0.812. The molecule has 11 heavy (non-hydrogen) atoms. The van der Waals surface area contributed by atoms with E-state index in [-0.39, 0.29) is 0 Å². The normalized spacial score (nSPS) is 9.64. The number of rotatable bonds is 2. The quantitative estimate of drug-likeness (QED) is 0.739. The molecule has 60 valence electrons. The minimum absolute atomic E-state index is 0.303. The van der Waals surface area contributed by atoms with Gasteiger partial charge in [0.25, 0.3) is 0 Å². The maximum Gasteiger partial charge on any atom is 0.215 e. The smallest absolute Gasteiger partial charge is 0.215 e. The fraction of sp³-hybridized carbons (Fsp3) is 0.286. The van der Waals surface area contributed by atoms with E-state index in [0.717, 1.165) is 0 Å². The van der Waals surface area contributed by atoms with Crippen LogP contribution in [0.3, 0.4) is 0 Å². The summed E-state index contributed by atoms with van der Waals surface area (Å²) in [7, 11) is 0. The number of ether oxygens (including phenoxy) is 1. The Balaban J connectivity index is 2.86. The maximum atomic E-state index is 5.64. The summed E-state index contributed by atoms with van der Waals surface area (Å²) in [6, 6.07) is 3.34. The molecule has 0 amide bonds. The van der Waals surface area contributed by atoms with Crippen LogP contribution in [0.2, 0.25) is 5.02 Å². The molecule has 1 aromatic heterocycles. The van der Waals surface area contributed by atoms with Crippen LogP contribution in [-0.2, 0) is 0 Å². The Morgan fingerprint density at radius 2 is 2.36 bits per heavy atom. The summed E-state index contributed by atoms with van der Waals surface area (Å²) in [5.41, 5.74) is 5.43. The predicted molar refractivity (Wildman–Crippen MR) is 44.8 cm³/mol. The number of hydrogen-bond donors (Lipinski definition) is 1. The van der Waals surface area contributed by atoms with Gasteiger partial charge in [0.2, 0.25) is 5.88 Å². The highest BCUT2D eigenvalue weighted by atomic mass is 35.5. The second-order valence-corrected chi connectivity index (χ2v) is 2.36. The predicted octanol–water partition coefficient (Wildman–Crippen LogP) is 1.72. The highest BCUT2D eigenvalue weighted by Crippen LogP contribution is 2.19. The Labute approximate surface area is 70.1 Å². The summed E-state index contributed by atoms with van der Waals surface area (Å²) >= 11 is 5.64. The van der Waals surface area contributed by atoms with Crippen LogP contribution in [0.1, 0.15) is 6.92 Å². The molecule has 1 aromatic rings. The van der Waals surface area contributed by atoms with Gasteiger partial charge in [0.15, 0.2) is 0 Å². The fourth-order valence-corrected chi connectivity index (χ4v) is 0.773. The molecule has 4 heteroatoms. The van der Waals surface area contributed by atoms with Gasteiger partial charge in [0.1, 0.15) is 5.82 Å². The van der Waals surface area contributed by atoms with E-state index in [0.29, 0.717) is 23.3 Å². The van der Waals surface area contributed by atoms with Crippen molar-refractivity contribution < 1.29 is 4.74 Å². The Morgan fingerprint density at radius 3 is 2.91 bits per heavy atom. The molecule has 0 radical (unpaired) electrons. The monoisotopic (exact) mass is 172 g/mol. The molecule has 1 heterocycles. The highest BCUT2D eigenvalue weighted by Gasteiger charge is 1.98. The zero-order chi connectivity index (χ0) is 8.27. The molecule has 2 N–H and O–H groups in total. The second-order valence-electron chi connectivity index (χ2n) is 1.95. The highest BCUT2D eigenvalue weighted by molar-refractivity contribution is 6.32. The summed E-state index contributed by atoms with van der Waals surface area (Å²) < 4.78 is 5.09. The van der Waals surface area contributed by atoms with Crippen molar-refractivity contribution in [1.82, 2.24) is 4.98 Å². The maximum absolute atomic E-state index is 5.64. The van der Waals surface area contributed by atoms with Crippen molar-refractivity contribution in [3.8, 4) is 5.88 Å². The fourth-order valence-electron chi connectivity index (χ4n) is 0.667. The lowest BCUT2D eigenvalue weighted by atomic mass is 10.4. The molecular weight excluding hydrogens is 164 g/mol. The Morgan fingerprint density at radius 1 is 1.64 bits per heavy atom. The number of aromatic nitrogens is 1. The van der Waals surface area contributed by atoms with E-state index in [1.165, 1.54) is 0 Å². The van der Waals surface area contributed by atoms with E-state index in [2.05, 4.69) is 4.98 Å². The zero-order valence-corrected chi connectivity index (χ0v) is 6.93. The van der Waals surface area contributed by atoms with Gasteiger partial charge >= 0.3 is 0 Å². The van der Waals surface area contributed by atoms with Crippen LogP contribution >= 0.6 is 11.6 Å². The molecule has 0 bridgehead atoms. The van der Waals surface area contributed by atoms with Gasteiger partial charge in [0, 0.05) is 6.07 Å². The Bertz CT molecular complexity index is 252. The molecule has 0 aromatic carbocycles. The van der Waals surface area contributed by atoms with Gasteiger partial charge in [-0.05, 0) is 13.0 Å². The third kappa shape index (κ3) is 1.98. The first-order valence-electron chi connectivity index (χ1n) is 3.29. The van der Waals surface area contributed by atoms with Gasteiger partial charge < -0.3 is 10.5 Å². The molecule has 0 spiro atoms. The first-order chi connectivity index (χ1) is 5.24. The van der Waals surface area contributed by atoms with Crippen molar-refractivity contribution in [2.75, 3.05) is 12.3 Å². The summed E-state index contributed by atoms with van der Waals surface area (Å²) in [6.07, 6.45) is 0. The summed E-state index contributed by atoms with van der Waals surface area (Å²) in [5, 5.41) is 0.452. The lowest BCUT2D eigenvalue weighted by molar-refractivity contribution is 0.327. The van der Waals surface area contributed by atoms with Crippen molar-refractivity contribution in [3.63, 3.8) is 0 Å². The van der Waals surface area contributed by atoms with Crippen LogP contribution in [0.15, 0.2) is 12.1 Å². The van der Waals surface area contributed by atoms with Crippen molar-refractivity contribution >= 4 is 17.4 Å². The Hall–Kier alpha value is -0.960. The average Bonchev–Trinajstić information content (AvgIpc) is 1.98. The van der Waals surface area contributed by atoms with Gasteiger partial charge in [-0.2, -0.15) is 4.98 Å². The molecule has 0 aliphatic carbocycles. The van der Waals surface area contributed by atoms with E-state index in [4.69, 9.17) is 22.1 Å². The molecule has 1 rings (SSSR count). The van der Waals surface area contributed by atoms with Crippen LogP contribution < -0.4 is 10.5 Å². The van der Waals surface area contributed by atoms with Gasteiger partial charge in [0.05, 0.1) is 11.6 Å². The lowest BCUT2D eigenvalue weighted by Crippen LogP contribution is -1.97. The van der Waals surface area contributed by atoms with Gasteiger partial charge in [-0.3, -0.25) is 0 Å². The second kappa shape index (κ2) is 3.44. The molecule has 0 saturated heterocycles. The number of anilines is 1. The van der Waals surface area contributed by atoms with Crippen molar-refractivity contribution in [1.29, 1.82) is 0 Å². The molecule has 0 aliphatic rings. The molecule has 0 unspecified atom stereocenters. The largest absolute Gasteiger partial charge is 0.478 e. The topological polar surface area (TPSA) is 48.1 Å². The van der Waals surface area contributed by atoms with E-state index in [9.17, 15) is 0 Å². The Kier molecular flexibility index (Phi) is 2.54. The van der Waals surface area contributed by atoms with Crippen molar-refractivity contribution in [2.45, 2.75) is 6.92 Å². The molecule has 3 nitrogen and oxygen atoms in total. The van der Waals surface area contributed by atoms with Crippen LogP contribution in [0, 0.1) is 0 Å². The number of hydrogen-bond acceptors (Lipinski definition) is 3. The number of nitrogens with two attached hydrogens (primary N) is 1. The molecule has 0 saturated carbocycles. The molecule has 0 atom stereocenters. The average molecular weight is 173 g/mol. The van der Waals surface area contributed by atoms with Gasteiger partial charge in [-0.25, -0.2) is 0 Å². The van der Waals surface area contributed by atoms with Gasteiger partial charge in [-0.15, -0.1) is 0 Å². The van der Waals surface area contributed by atoms with E-state index < -0.39 is 0 Å². The minimum atomic E-state index is 0.303. The van der Waals surface area contributed by atoms with E-state index in [1.54, 1.807) is 12.1 Å². The van der Waals surface area contributed by atoms with Crippen LogP contribution in [0.5, 0.6) is 5.88 Å². The molecular formula is C7H9ClN2O. The number of halogens is 1. The van der Waals surface area contributed by atoms with Crippen LogP contribution in [0.25, 0.3) is 0 Å². The van der Waals surface area contributed by atoms with Crippen LogP contribution in [0.4, 0.5) is 5.82 Å². The number of nitrogen functional groups attached to an aromatic ring is 1. The van der Waals surface area contributed by atoms with Gasteiger partial charge in [-0.1, -0.05) is 11.6 Å². The summed E-state index contributed by atoms with van der Waals surface area (Å²) in [6.45, 7) is 2.46. The van der Waals surface area contributed by atoms with E-state index >= 15 is 0 Å². The third-order valence-electron chi connectivity index (χ3n) is 1.14. The number of pyridine rings is 1. The van der Waals surface area contributed by atoms with E-state index in [1.807, 2.05) is 6.92 Å².